The number of phenolic OH excluding ortho intramolecular Hbond substituents is 1. The number of aromatic nitrogens is 1. The number of nitrogens with two attached hydrogens (primary N) is 1. The summed E-state index contributed by atoms with van der Waals surface area (Å²) in [6.07, 6.45) is 4.97. The number of rotatable bonds is 3. The number of fused-ring (bicyclic) bond motifs is 6. The molecule has 1 aliphatic rings. The van der Waals surface area contributed by atoms with Crippen molar-refractivity contribution in [3.63, 3.8) is 0 Å². The van der Waals surface area contributed by atoms with Crippen LogP contribution in [0.25, 0.3) is 43.2 Å². The SMILES string of the molecule is NC(=O)COc1ccc2cc3c4c(cc5c6ccccc6c[nH+]c35)CCCc4c2c1O. The predicted octanol–water partition coefficient (Wildman–Crippen LogP) is 4.17. The molecule has 0 spiro atoms. The Morgan fingerprint density at radius 3 is 2.74 bits per heavy atom. The van der Waals surface area contributed by atoms with Crippen LogP contribution in [0.5, 0.6) is 11.5 Å². The Balaban J connectivity index is 1.73. The van der Waals surface area contributed by atoms with Crippen molar-refractivity contribution in [3.05, 3.63) is 65.9 Å². The molecule has 0 saturated heterocycles. The lowest BCUT2D eigenvalue weighted by molar-refractivity contribution is -0.341. The Morgan fingerprint density at radius 2 is 1.87 bits per heavy atom. The molecule has 4 aromatic carbocycles. The number of pyridine rings is 1. The number of aromatic hydroxyl groups is 1. The fourth-order valence-corrected chi connectivity index (χ4v) is 5.12. The van der Waals surface area contributed by atoms with Crippen molar-refractivity contribution in [1.82, 2.24) is 0 Å². The smallest absolute Gasteiger partial charge is 0.255 e. The van der Waals surface area contributed by atoms with E-state index < -0.39 is 5.91 Å². The summed E-state index contributed by atoms with van der Waals surface area (Å²) >= 11 is 0. The number of aromatic amines is 1. The molecule has 0 unspecified atom stereocenters. The molecule has 1 heterocycles. The molecule has 5 nitrogen and oxygen atoms in total. The predicted molar refractivity (Wildman–Crippen MR) is 121 cm³/mol. The van der Waals surface area contributed by atoms with Gasteiger partial charge in [-0.05, 0) is 65.4 Å². The molecule has 6 rings (SSSR count). The van der Waals surface area contributed by atoms with Crippen LogP contribution in [0.2, 0.25) is 0 Å². The summed E-state index contributed by atoms with van der Waals surface area (Å²) in [4.78, 5) is 14.7. The first-order valence-corrected chi connectivity index (χ1v) is 10.5. The largest absolute Gasteiger partial charge is 0.504 e. The third kappa shape index (κ3) is 2.63. The highest BCUT2D eigenvalue weighted by atomic mass is 16.5. The number of aryl methyl sites for hydroxylation is 2. The normalized spacial score (nSPS) is 13.3. The van der Waals surface area contributed by atoms with Crippen LogP contribution in [0.4, 0.5) is 0 Å². The lowest BCUT2D eigenvalue weighted by Gasteiger charge is -2.21. The van der Waals surface area contributed by atoms with Gasteiger partial charge in [-0.3, -0.25) is 4.79 Å². The Morgan fingerprint density at radius 1 is 1.00 bits per heavy atom. The molecule has 0 radical (unpaired) electrons. The first kappa shape index (κ1) is 18.0. The summed E-state index contributed by atoms with van der Waals surface area (Å²) in [5.41, 5.74) is 8.76. The van der Waals surface area contributed by atoms with E-state index in [1.54, 1.807) is 6.07 Å². The van der Waals surface area contributed by atoms with E-state index in [4.69, 9.17) is 10.5 Å². The van der Waals surface area contributed by atoms with E-state index in [0.717, 1.165) is 41.1 Å². The lowest BCUT2D eigenvalue weighted by Crippen LogP contribution is -2.20. The number of nitrogens with one attached hydrogen (secondary N) is 1. The number of phenols is 1. The second kappa shape index (κ2) is 6.57. The molecule has 0 bridgehead atoms. The number of benzene rings is 4. The maximum Gasteiger partial charge on any atom is 0.255 e. The first-order chi connectivity index (χ1) is 15.1. The van der Waals surface area contributed by atoms with E-state index >= 15 is 0 Å². The lowest BCUT2D eigenvalue weighted by atomic mass is 9.83. The molecule has 1 amide bonds. The number of ether oxygens (including phenoxy) is 1. The molecule has 1 aliphatic carbocycles. The Kier molecular flexibility index (Phi) is 3.81. The van der Waals surface area contributed by atoms with Gasteiger partial charge < -0.3 is 15.6 Å². The number of hydrogen-bond donors (Lipinski definition) is 2. The van der Waals surface area contributed by atoms with Crippen LogP contribution in [0.15, 0.2) is 54.7 Å². The second-order valence-electron chi connectivity index (χ2n) is 8.23. The molecule has 5 aromatic rings. The first-order valence-electron chi connectivity index (χ1n) is 10.5. The van der Waals surface area contributed by atoms with Gasteiger partial charge in [0.05, 0.1) is 10.8 Å². The summed E-state index contributed by atoms with van der Waals surface area (Å²) in [6.45, 7) is -0.264. The monoisotopic (exact) mass is 409 g/mol. The van der Waals surface area contributed by atoms with Gasteiger partial charge in [0.25, 0.3) is 5.91 Å². The van der Waals surface area contributed by atoms with Crippen LogP contribution in [0.1, 0.15) is 17.5 Å². The summed E-state index contributed by atoms with van der Waals surface area (Å²) in [7, 11) is 0. The molecule has 0 aliphatic heterocycles. The molecule has 1 aromatic heterocycles. The number of amides is 1. The van der Waals surface area contributed by atoms with Crippen LogP contribution in [-0.4, -0.2) is 17.6 Å². The van der Waals surface area contributed by atoms with Crippen molar-refractivity contribution in [2.45, 2.75) is 19.3 Å². The molecular formula is C26H21N2O3+. The zero-order chi connectivity index (χ0) is 21.1. The van der Waals surface area contributed by atoms with Crippen molar-refractivity contribution in [2.24, 2.45) is 5.73 Å². The van der Waals surface area contributed by atoms with Crippen LogP contribution < -0.4 is 15.5 Å². The Bertz CT molecular complexity index is 1560. The van der Waals surface area contributed by atoms with E-state index in [0.29, 0.717) is 0 Å². The maximum atomic E-state index is 11.1. The van der Waals surface area contributed by atoms with Gasteiger partial charge in [0.15, 0.2) is 24.3 Å². The Hall–Kier alpha value is -3.86. The van der Waals surface area contributed by atoms with Gasteiger partial charge in [0.2, 0.25) is 5.52 Å². The third-order valence-corrected chi connectivity index (χ3v) is 6.39. The summed E-state index contributed by atoms with van der Waals surface area (Å²) in [6, 6.07) is 16.5. The molecule has 0 fully saturated rings. The quantitative estimate of drug-likeness (QED) is 0.346. The van der Waals surface area contributed by atoms with E-state index in [2.05, 4.69) is 47.6 Å². The summed E-state index contributed by atoms with van der Waals surface area (Å²) < 4.78 is 5.45. The number of primary amides is 1. The highest BCUT2D eigenvalue weighted by Gasteiger charge is 2.24. The van der Waals surface area contributed by atoms with Crippen molar-refractivity contribution in [1.29, 1.82) is 0 Å². The van der Waals surface area contributed by atoms with Gasteiger partial charge in [-0.1, -0.05) is 24.3 Å². The average Bonchev–Trinajstić information content (AvgIpc) is 2.78. The van der Waals surface area contributed by atoms with E-state index in [1.807, 2.05) is 6.07 Å². The Labute approximate surface area is 178 Å². The molecule has 5 heteroatoms. The minimum absolute atomic E-state index is 0.0751. The van der Waals surface area contributed by atoms with Crippen LogP contribution in [-0.2, 0) is 17.6 Å². The number of carbonyl (C=O) groups excluding carboxylic acids is 1. The van der Waals surface area contributed by atoms with Crippen molar-refractivity contribution in [3.8, 4) is 11.5 Å². The molecule has 4 N–H and O–H groups in total. The maximum absolute atomic E-state index is 11.1. The molecular weight excluding hydrogens is 388 g/mol. The molecule has 0 atom stereocenters. The van der Waals surface area contributed by atoms with Crippen molar-refractivity contribution < 1.29 is 19.6 Å². The molecule has 31 heavy (non-hydrogen) atoms. The molecule has 152 valence electrons. The van der Waals surface area contributed by atoms with E-state index in [1.165, 1.54) is 32.5 Å². The zero-order valence-corrected chi connectivity index (χ0v) is 16.9. The minimum atomic E-state index is -0.573. The molecule has 0 saturated carbocycles. The van der Waals surface area contributed by atoms with Gasteiger partial charge in [0.1, 0.15) is 0 Å². The fourth-order valence-electron chi connectivity index (χ4n) is 5.12. The minimum Gasteiger partial charge on any atom is -0.504 e. The van der Waals surface area contributed by atoms with Gasteiger partial charge >= 0.3 is 0 Å². The number of H-pyrrole nitrogens is 1. The average molecular weight is 409 g/mol. The number of hydrogen-bond acceptors (Lipinski definition) is 3. The topological polar surface area (TPSA) is 86.7 Å². The summed E-state index contributed by atoms with van der Waals surface area (Å²) in [5.74, 6) is -0.214. The summed E-state index contributed by atoms with van der Waals surface area (Å²) in [5, 5.41) is 18.8. The highest BCUT2D eigenvalue weighted by Crippen LogP contribution is 2.44. The van der Waals surface area contributed by atoms with E-state index in [-0.39, 0.29) is 18.1 Å². The standard InChI is InChI=1S/C26H20N2O3/c27-22(29)13-31-21-9-8-15-11-20-23-14(5-3-7-18(23)24(15)26(21)30)10-19-17-6-2-1-4-16(17)12-28-25(19)20/h1-2,4,6,8-12,30H,3,5,7,13H2,(H2,27,29)/p+1. The van der Waals surface area contributed by atoms with Gasteiger partial charge in [-0.25, -0.2) is 4.98 Å². The number of carbonyl (C=O) groups is 1. The van der Waals surface area contributed by atoms with Gasteiger partial charge in [-0.15, -0.1) is 0 Å². The highest BCUT2D eigenvalue weighted by molar-refractivity contribution is 6.19. The van der Waals surface area contributed by atoms with Crippen LogP contribution in [0.3, 0.4) is 0 Å². The van der Waals surface area contributed by atoms with Gasteiger partial charge in [-0.2, -0.15) is 0 Å². The third-order valence-electron chi connectivity index (χ3n) is 6.39. The van der Waals surface area contributed by atoms with Crippen molar-refractivity contribution >= 4 is 49.1 Å². The van der Waals surface area contributed by atoms with Crippen molar-refractivity contribution in [2.75, 3.05) is 6.61 Å². The van der Waals surface area contributed by atoms with E-state index in [9.17, 15) is 9.90 Å². The van der Waals surface area contributed by atoms with Gasteiger partial charge in [0, 0.05) is 16.2 Å². The van der Waals surface area contributed by atoms with Crippen LogP contribution in [0, 0.1) is 0 Å². The second-order valence-corrected chi connectivity index (χ2v) is 8.23. The zero-order valence-electron chi connectivity index (χ0n) is 16.9. The van der Waals surface area contributed by atoms with Crippen LogP contribution >= 0.6 is 0 Å². The fraction of sp³-hybridized carbons (Fsp3) is 0.154.